The standard InChI is InChI=1S/C29H40N4O4/c1-20-19-37-17-6-5-12-29(28(36)31-21(2)27(35)30-20)13-15-32(16-14-29)26(34)18-33-24-10-4-3-8-22(24)23-9-7-11-25(23)33/h3-4,8,10,20-21H,5-7,9,11-19H2,1-2H3,(H,30,35)(H,31,36)/t20-,21-/m0/s1. The molecule has 37 heavy (non-hydrogen) atoms. The number of likely N-dealkylation sites (tertiary alicyclic amines) is 1. The van der Waals surface area contributed by atoms with Gasteiger partial charge < -0.3 is 24.8 Å². The van der Waals surface area contributed by atoms with E-state index >= 15 is 0 Å². The normalized spacial score (nSPS) is 25.1. The second kappa shape index (κ2) is 10.9. The largest absolute Gasteiger partial charge is 0.379 e. The molecule has 5 rings (SSSR count). The first-order valence-electron chi connectivity index (χ1n) is 13.9. The number of nitrogens with zero attached hydrogens (tertiary/aromatic N) is 2. The average Bonchev–Trinajstić information content (AvgIpc) is 3.48. The van der Waals surface area contributed by atoms with Gasteiger partial charge >= 0.3 is 0 Å². The van der Waals surface area contributed by atoms with E-state index in [0.29, 0.717) is 45.7 Å². The molecule has 3 aliphatic rings. The summed E-state index contributed by atoms with van der Waals surface area (Å²) >= 11 is 0. The number of aromatic nitrogens is 1. The Morgan fingerprint density at radius 3 is 2.62 bits per heavy atom. The summed E-state index contributed by atoms with van der Waals surface area (Å²) in [6.07, 6.45) is 6.97. The predicted octanol–water partition coefficient (Wildman–Crippen LogP) is 2.95. The Balaban J connectivity index is 1.27. The molecule has 0 bridgehead atoms. The zero-order valence-electron chi connectivity index (χ0n) is 22.2. The minimum Gasteiger partial charge on any atom is -0.379 e. The van der Waals surface area contributed by atoms with Gasteiger partial charge in [0.05, 0.1) is 12.0 Å². The molecule has 2 fully saturated rings. The third kappa shape index (κ3) is 5.26. The van der Waals surface area contributed by atoms with Crippen LogP contribution in [-0.2, 0) is 38.5 Å². The average molecular weight is 509 g/mol. The lowest BCUT2D eigenvalue weighted by Crippen LogP contribution is -2.55. The fourth-order valence-corrected chi connectivity index (χ4v) is 6.37. The fourth-order valence-electron chi connectivity index (χ4n) is 6.37. The Morgan fingerprint density at radius 2 is 1.81 bits per heavy atom. The van der Waals surface area contributed by atoms with Gasteiger partial charge in [0.2, 0.25) is 17.7 Å². The number of rotatable bonds is 2. The molecule has 2 N–H and O–H groups in total. The molecule has 8 nitrogen and oxygen atoms in total. The highest BCUT2D eigenvalue weighted by Gasteiger charge is 2.42. The van der Waals surface area contributed by atoms with E-state index in [1.165, 1.54) is 16.6 Å². The van der Waals surface area contributed by atoms with Crippen molar-refractivity contribution in [3.8, 4) is 0 Å². The van der Waals surface area contributed by atoms with E-state index in [4.69, 9.17) is 4.74 Å². The maximum Gasteiger partial charge on any atom is 0.242 e. The molecule has 0 saturated carbocycles. The van der Waals surface area contributed by atoms with Crippen LogP contribution in [0.25, 0.3) is 10.9 Å². The molecular weight excluding hydrogens is 468 g/mol. The molecule has 8 heteroatoms. The summed E-state index contributed by atoms with van der Waals surface area (Å²) in [5.41, 5.74) is 3.29. The van der Waals surface area contributed by atoms with E-state index in [0.717, 1.165) is 44.0 Å². The molecule has 1 aromatic heterocycles. The van der Waals surface area contributed by atoms with Gasteiger partial charge in [0.25, 0.3) is 0 Å². The van der Waals surface area contributed by atoms with Gasteiger partial charge in [-0.3, -0.25) is 14.4 Å². The van der Waals surface area contributed by atoms with E-state index in [1.807, 2.05) is 17.9 Å². The van der Waals surface area contributed by atoms with Crippen molar-refractivity contribution in [2.45, 2.75) is 83.8 Å². The summed E-state index contributed by atoms with van der Waals surface area (Å²) in [4.78, 5) is 41.5. The maximum absolute atomic E-state index is 13.5. The zero-order chi connectivity index (χ0) is 26.0. The fraction of sp³-hybridized carbons (Fsp3) is 0.621. The molecule has 3 heterocycles. The second-order valence-corrected chi connectivity index (χ2v) is 11.2. The van der Waals surface area contributed by atoms with Crippen LogP contribution in [0.15, 0.2) is 24.3 Å². The van der Waals surface area contributed by atoms with Gasteiger partial charge in [0, 0.05) is 42.3 Å². The summed E-state index contributed by atoms with van der Waals surface area (Å²) in [5.74, 6) is -0.146. The number of carbonyl (C=O) groups is 3. The van der Waals surface area contributed by atoms with Crippen LogP contribution in [0.4, 0.5) is 0 Å². The monoisotopic (exact) mass is 508 g/mol. The van der Waals surface area contributed by atoms with Gasteiger partial charge in [-0.25, -0.2) is 0 Å². The van der Waals surface area contributed by atoms with Crippen LogP contribution >= 0.6 is 0 Å². The van der Waals surface area contributed by atoms with Gasteiger partial charge in [-0.15, -0.1) is 0 Å². The van der Waals surface area contributed by atoms with E-state index < -0.39 is 11.5 Å². The highest BCUT2D eigenvalue weighted by atomic mass is 16.5. The highest BCUT2D eigenvalue weighted by Crippen LogP contribution is 2.38. The predicted molar refractivity (Wildman–Crippen MR) is 142 cm³/mol. The van der Waals surface area contributed by atoms with Crippen LogP contribution in [0.3, 0.4) is 0 Å². The van der Waals surface area contributed by atoms with Gasteiger partial charge in [-0.1, -0.05) is 24.6 Å². The van der Waals surface area contributed by atoms with E-state index in [1.54, 1.807) is 6.92 Å². The molecule has 1 spiro atoms. The number of hydrogen-bond donors (Lipinski definition) is 2. The lowest BCUT2D eigenvalue weighted by molar-refractivity contribution is -0.142. The minimum atomic E-state index is -0.614. The van der Waals surface area contributed by atoms with Crippen molar-refractivity contribution in [2.24, 2.45) is 5.41 Å². The number of hydrogen-bond acceptors (Lipinski definition) is 4. The number of carbonyl (C=O) groups excluding carboxylic acids is 3. The smallest absolute Gasteiger partial charge is 0.242 e. The number of fused-ring (bicyclic) bond motifs is 3. The first-order valence-corrected chi connectivity index (χ1v) is 13.9. The molecule has 0 unspecified atom stereocenters. The SMILES string of the molecule is C[C@@H]1NC(=O)C2(CCCCOC[C@H](C)NC1=O)CCN(C(=O)Cn1c3c(c4ccccc41)CCC3)CC2. The lowest BCUT2D eigenvalue weighted by Gasteiger charge is -2.41. The number of amides is 3. The zero-order valence-corrected chi connectivity index (χ0v) is 22.2. The second-order valence-electron chi connectivity index (χ2n) is 11.2. The number of benzene rings is 1. The van der Waals surface area contributed by atoms with Crippen LogP contribution in [0, 0.1) is 5.41 Å². The molecule has 0 radical (unpaired) electrons. The molecule has 2 aliphatic heterocycles. The Hall–Kier alpha value is -2.87. The number of aryl methyl sites for hydroxylation is 1. The summed E-state index contributed by atoms with van der Waals surface area (Å²) in [6, 6.07) is 7.68. The van der Waals surface area contributed by atoms with Crippen molar-refractivity contribution in [2.75, 3.05) is 26.3 Å². The van der Waals surface area contributed by atoms with Crippen molar-refractivity contribution >= 4 is 28.6 Å². The summed E-state index contributed by atoms with van der Waals surface area (Å²) in [7, 11) is 0. The van der Waals surface area contributed by atoms with Crippen LogP contribution in [0.2, 0.25) is 0 Å². The maximum atomic E-state index is 13.5. The summed E-state index contributed by atoms with van der Waals surface area (Å²) < 4.78 is 7.95. The first-order chi connectivity index (χ1) is 17.9. The van der Waals surface area contributed by atoms with E-state index in [9.17, 15) is 14.4 Å². The Morgan fingerprint density at radius 1 is 1.03 bits per heavy atom. The molecule has 1 aromatic carbocycles. The summed E-state index contributed by atoms with van der Waals surface area (Å²) in [6.45, 7) is 6.19. The number of piperidine rings is 1. The Kier molecular flexibility index (Phi) is 7.56. The van der Waals surface area contributed by atoms with Crippen molar-refractivity contribution in [1.82, 2.24) is 20.1 Å². The number of para-hydroxylation sites is 1. The quantitative estimate of drug-likeness (QED) is 0.653. The molecule has 200 valence electrons. The molecule has 2 saturated heterocycles. The topological polar surface area (TPSA) is 92.7 Å². The number of ether oxygens (including phenoxy) is 1. The van der Waals surface area contributed by atoms with Crippen molar-refractivity contribution in [3.63, 3.8) is 0 Å². The van der Waals surface area contributed by atoms with Crippen LogP contribution in [0.5, 0.6) is 0 Å². The molecular formula is C29H40N4O4. The summed E-state index contributed by atoms with van der Waals surface area (Å²) in [5, 5.41) is 7.17. The molecule has 1 aliphatic carbocycles. The van der Waals surface area contributed by atoms with Crippen LogP contribution in [-0.4, -0.2) is 65.6 Å². The number of nitrogens with one attached hydrogen (secondary N) is 2. The Labute approximate surface area is 219 Å². The first kappa shape index (κ1) is 25.8. The van der Waals surface area contributed by atoms with Gasteiger partial charge in [-0.05, 0) is 70.4 Å². The van der Waals surface area contributed by atoms with Gasteiger partial charge in [-0.2, -0.15) is 0 Å². The van der Waals surface area contributed by atoms with Crippen molar-refractivity contribution in [3.05, 3.63) is 35.5 Å². The van der Waals surface area contributed by atoms with E-state index in [-0.39, 0.29) is 23.8 Å². The minimum absolute atomic E-state index is 0.0655. The lowest BCUT2D eigenvalue weighted by atomic mass is 9.73. The highest BCUT2D eigenvalue weighted by molar-refractivity contribution is 5.91. The van der Waals surface area contributed by atoms with Crippen molar-refractivity contribution < 1.29 is 19.1 Å². The molecule has 2 atom stereocenters. The Bertz CT molecular complexity index is 1160. The van der Waals surface area contributed by atoms with Gasteiger partial charge in [0.1, 0.15) is 12.6 Å². The van der Waals surface area contributed by atoms with Gasteiger partial charge in [0.15, 0.2) is 0 Å². The van der Waals surface area contributed by atoms with E-state index in [2.05, 4.69) is 33.4 Å². The van der Waals surface area contributed by atoms with Crippen LogP contribution < -0.4 is 10.6 Å². The molecule has 2 aromatic rings. The molecule has 3 amide bonds. The van der Waals surface area contributed by atoms with Crippen molar-refractivity contribution in [1.29, 1.82) is 0 Å². The third-order valence-electron chi connectivity index (χ3n) is 8.57. The third-order valence-corrected chi connectivity index (χ3v) is 8.57. The van der Waals surface area contributed by atoms with Crippen LogP contribution in [0.1, 0.15) is 63.6 Å².